The molecule has 4 nitrogen and oxygen atoms in total. The molecule has 0 radical (unpaired) electrons. The number of rotatable bonds is 7. The summed E-state index contributed by atoms with van der Waals surface area (Å²) in [5, 5.41) is 10.4. The van der Waals surface area contributed by atoms with E-state index in [0.29, 0.717) is 24.1 Å². The van der Waals surface area contributed by atoms with E-state index >= 15 is 0 Å². The first kappa shape index (κ1) is 15.1. The number of likely N-dealkylation sites (N-methyl/N-ethyl adjacent to an activating group) is 1. The minimum absolute atomic E-state index is 0.513. The maximum Gasteiger partial charge on any atom is 0.161 e. The lowest BCUT2D eigenvalue weighted by atomic mass is 10.1. The van der Waals surface area contributed by atoms with Crippen LogP contribution in [0, 0.1) is 5.92 Å². The quantitative estimate of drug-likeness (QED) is 0.832. The van der Waals surface area contributed by atoms with Crippen molar-refractivity contribution in [2.45, 2.75) is 31.9 Å². The lowest BCUT2D eigenvalue weighted by Crippen LogP contribution is -2.34. The Bertz CT molecular complexity index is 445. The summed E-state index contributed by atoms with van der Waals surface area (Å²) in [7, 11) is 5.29. The van der Waals surface area contributed by atoms with E-state index in [2.05, 4.69) is 18.9 Å². The van der Waals surface area contributed by atoms with Gasteiger partial charge in [-0.15, -0.1) is 0 Å². The second-order valence-corrected chi connectivity index (χ2v) is 5.65. The number of benzene rings is 1. The van der Waals surface area contributed by atoms with Gasteiger partial charge in [0, 0.05) is 12.6 Å². The third-order valence-electron chi connectivity index (χ3n) is 4.25. The van der Waals surface area contributed by atoms with Gasteiger partial charge in [-0.25, -0.2) is 0 Å². The van der Waals surface area contributed by atoms with Gasteiger partial charge >= 0.3 is 0 Å². The van der Waals surface area contributed by atoms with Crippen LogP contribution in [0.15, 0.2) is 18.2 Å². The Morgan fingerprint density at radius 2 is 1.90 bits per heavy atom. The molecule has 2 atom stereocenters. The van der Waals surface area contributed by atoms with E-state index in [4.69, 9.17) is 9.47 Å². The van der Waals surface area contributed by atoms with Gasteiger partial charge in [0.05, 0.1) is 20.3 Å². The van der Waals surface area contributed by atoms with Crippen LogP contribution < -0.4 is 9.47 Å². The molecule has 1 fully saturated rings. The molecule has 1 N–H and O–H groups in total. The van der Waals surface area contributed by atoms with Crippen molar-refractivity contribution in [3.05, 3.63) is 23.8 Å². The topological polar surface area (TPSA) is 41.9 Å². The summed E-state index contributed by atoms with van der Waals surface area (Å²) in [6.07, 6.45) is 2.12. The second-order valence-electron chi connectivity index (χ2n) is 5.65. The van der Waals surface area contributed by atoms with Crippen molar-refractivity contribution >= 4 is 0 Å². The van der Waals surface area contributed by atoms with Crippen LogP contribution in [0.2, 0.25) is 0 Å². The molecular formula is C16H25NO3. The zero-order valence-electron chi connectivity index (χ0n) is 12.8. The van der Waals surface area contributed by atoms with Gasteiger partial charge in [0.15, 0.2) is 11.5 Å². The number of aliphatic hydroxyl groups is 1. The van der Waals surface area contributed by atoms with Crippen molar-refractivity contribution in [1.29, 1.82) is 0 Å². The molecule has 2 unspecified atom stereocenters. The first-order valence-electron chi connectivity index (χ1n) is 7.17. The average Bonchev–Trinajstić information content (AvgIpc) is 3.30. The third kappa shape index (κ3) is 3.44. The van der Waals surface area contributed by atoms with E-state index in [0.717, 1.165) is 11.5 Å². The van der Waals surface area contributed by atoms with Crippen molar-refractivity contribution < 1.29 is 14.6 Å². The molecule has 1 aromatic carbocycles. The highest BCUT2D eigenvalue weighted by molar-refractivity contribution is 5.43. The Kier molecular flexibility index (Phi) is 4.89. The second kappa shape index (κ2) is 6.46. The maximum atomic E-state index is 10.4. The molecule has 4 heteroatoms. The molecule has 0 spiro atoms. The Morgan fingerprint density at radius 1 is 1.25 bits per heavy atom. The molecular weight excluding hydrogens is 254 g/mol. The van der Waals surface area contributed by atoms with Gasteiger partial charge in [0.25, 0.3) is 0 Å². The fraction of sp³-hybridized carbons (Fsp3) is 0.625. The SMILES string of the molecule is COc1ccc(C(O)CN(C)C(C)C2CC2)cc1OC. The van der Waals surface area contributed by atoms with Gasteiger partial charge in [0.1, 0.15) is 0 Å². The third-order valence-corrected chi connectivity index (χ3v) is 4.25. The fourth-order valence-corrected chi connectivity index (χ4v) is 2.54. The van der Waals surface area contributed by atoms with E-state index in [1.54, 1.807) is 14.2 Å². The van der Waals surface area contributed by atoms with Gasteiger partial charge in [-0.2, -0.15) is 0 Å². The standard InChI is InChI=1S/C16H25NO3/c1-11(12-5-6-12)17(2)10-14(18)13-7-8-15(19-3)16(9-13)20-4/h7-9,11-12,14,18H,5-6,10H2,1-4H3. The number of hydrogen-bond acceptors (Lipinski definition) is 4. The first-order chi connectivity index (χ1) is 9.56. The van der Waals surface area contributed by atoms with Crippen molar-refractivity contribution in [3.63, 3.8) is 0 Å². The summed E-state index contributed by atoms with van der Waals surface area (Å²) in [6, 6.07) is 6.10. The van der Waals surface area contributed by atoms with E-state index in [9.17, 15) is 5.11 Å². The highest BCUT2D eigenvalue weighted by Crippen LogP contribution is 2.35. The summed E-state index contributed by atoms with van der Waals surface area (Å²) in [5.74, 6) is 2.14. The van der Waals surface area contributed by atoms with E-state index in [1.807, 2.05) is 18.2 Å². The van der Waals surface area contributed by atoms with Crippen molar-refractivity contribution in [2.24, 2.45) is 5.92 Å². The van der Waals surface area contributed by atoms with Crippen LogP contribution in [0.5, 0.6) is 11.5 Å². The smallest absolute Gasteiger partial charge is 0.161 e. The summed E-state index contributed by atoms with van der Waals surface area (Å²) in [6.45, 7) is 2.87. The molecule has 1 saturated carbocycles. The van der Waals surface area contributed by atoms with E-state index < -0.39 is 6.10 Å². The molecule has 0 aliphatic heterocycles. The van der Waals surface area contributed by atoms with Gasteiger partial charge in [0.2, 0.25) is 0 Å². The highest BCUT2D eigenvalue weighted by atomic mass is 16.5. The van der Waals surface area contributed by atoms with Crippen LogP contribution in [0.3, 0.4) is 0 Å². The minimum Gasteiger partial charge on any atom is -0.493 e. The lowest BCUT2D eigenvalue weighted by molar-refractivity contribution is 0.102. The molecule has 0 saturated heterocycles. The van der Waals surface area contributed by atoms with Crippen molar-refractivity contribution in [2.75, 3.05) is 27.8 Å². The average molecular weight is 279 g/mol. The number of aliphatic hydroxyl groups excluding tert-OH is 1. The summed E-state index contributed by atoms with van der Waals surface area (Å²) in [4.78, 5) is 2.24. The number of ether oxygens (including phenoxy) is 2. The van der Waals surface area contributed by atoms with Gasteiger partial charge in [-0.3, -0.25) is 0 Å². The predicted octanol–water partition coefficient (Wildman–Crippen LogP) is 2.47. The first-order valence-corrected chi connectivity index (χ1v) is 7.17. The summed E-state index contributed by atoms with van der Waals surface area (Å²) < 4.78 is 10.5. The largest absolute Gasteiger partial charge is 0.493 e. The molecule has 1 aliphatic rings. The molecule has 0 aromatic heterocycles. The zero-order valence-corrected chi connectivity index (χ0v) is 12.8. The highest BCUT2D eigenvalue weighted by Gasteiger charge is 2.31. The van der Waals surface area contributed by atoms with Crippen molar-refractivity contribution in [1.82, 2.24) is 4.90 Å². The molecule has 0 heterocycles. The molecule has 2 rings (SSSR count). The Morgan fingerprint density at radius 3 is 2.45 bits per heavy atom. The maximum absolute atomic E-state index is 10.4. The number of nitrogens with zero attached hydrogens (tertiary/aromatic N) is 1. The van der Waals surface area contributed by atoms with E-state index in [-0.39, 0.29) is 0 Å². The Hall–Kier alpha value is -1.26. The Labute approximate surface area is 121 Å². The molecule has 112 valence electrons. The molecule has 1 aliphatic carbocycles. The molecule has 0 amide bonds. The van der Waals surface area contributed by atoms with Gasteiger partial charge < -0.3 is 19.5 Å². The fourth-order valence-electron chi connectivity index (χ4n) is 2.54. The van der Waals surface area contributed by atoms with Crippen LogP contribution in [-0.4, -0.2) is 43.9 Å². The normalized spacial score (nSPS) is 17.9. The zero-order chi connectivity index (χ0) is 14.7. The van der Waals surface area contributed by atoms with Gasteiger partial charge in [-0.1, -0.05) is 6.07 Å². The van der Waals surface area contributed by atoms with E-state index in [1.165, 1.54) is 12.8 Å². The summed E-state index contributed by atoms with van der Waals surface area (Å²) >= 11 is 0. The predicted molar refractivity (Wildman–Crippen MR) is 79.3 cm³/mol. The van der Waals surface area contributed by atoms with Crippen molar-refractivity contribution in [3.8, 4) is 11.5 Å². The van der Waals surface area contributed by atoms with Crippen LogP contribution in [0.1, 0.15) is 31.4 Å². The monoisotopic (exact) mass is 279 g/mol. The summed E-state index contributed by atoms with van der Waals surface area (Å²) in [5.41, 5.74) is 0.859. The molecule has 20 heavy (non-hydrogen) atoms. The van der Waals surface area contributed by atoms with Crippen LogP contribution >= 0.6 is 0 Å². The molecule has 1 aromatic rings. The lowest BCUT2D eigenvalue weighted by Gasteiger charge is -2.27. The number of methoxy groups -OCH3 is 2. The molecule has 0 bridgehead atoms. The Balaban J connectivity index is 2.02. The number of hydrogen-bond donors (Lipinski definition) is 1. The van der Waals surface area contributed by atoms with Gasteiger partial charge in [-0.05, 0) is 50.4 Å². The van der Waals surface area contributed by atoms with Crippen LogP contribution in [0.25, 0.3) is 0 Å². The van der Waals surface area contributed by atoms with Crippen LogP contribution in [-0.2, 0) is 0 Å². The van der Waals surface area contributed by atoms with Crippen LogP contribution in [0.4, 0.5) is 0 Å². The minimum atomic E-state index is -0.513.